The molecule has 1 atom stereocenters. The van der Waals surface area contributed by atoms with Crippen LogP contribution >= 0.6 is 0 Å². The fourth-order valence-corrected chi connectivity index (χ4v) is 2.20. The molecule has 1 fully saturated rings. The molecule has 0 bridgehead atoms. The molecule has 0 radical (unpaired) electrons. The van der Waals surface area contributed by atoms with Gasteiger partial charge in [-0.2, -0.15) is 0 Å². The van der Waals surface area contributed by atoms with E-state index in [4.69, 9.17) is 4.74 Å². The molecular formula is C15H23N3O2. The Kier molecular flexibility index (Phi) is 5.38. The van der Waals surface area contributed by atoms with E-state index in [9.17, 15) is 4.79 Å². The zero-order valence-electron chi connectivity index (χ0n) is 11.9. The fraction of sp³-hybridized carbons (Fsp3) is 0.533. The zero-order valence-corrected chi connectivity index (χ0v) is 11.9. The van der Waals surface area contributed by atoms with Crippen LogP contribution in [0.4, 0.5) is 0 Å². The smallest absolute Gasteiger partial charge is 0.234 e. The Morgan fingerprint density at radius 2 is 2.20 bits per heavy atom. The Hall–Kier alpha value is -1.59. The Labute approximate surface area is 120 Å². The quantitative estimate of drug-likeness (QED) is 0.636. The second-order valence-electron chi connectivity index (χ2n) is 5.35. The van der Waals surface area contributed by atoms with E-state index in [2.05, 4.69) is 22.9 Å². The van der Waals surface area contributed by atoms with Crippen LogP contribution in [0.25, 0.3) is 0 Å². The summed E-state index contributed by atoms with van der Waals surface area (Å²) >= 11 is 0. The summed E-state index contributed by atoms with van der Waals surface area (Å²) in [6, 6.07) is 9.59. The summed E-state index contributed by atoms with van der Waals surface area (Å²) < 4.78 is 5.51. The number of benzene rings is 1. The first kappa shape index (κ1) is 14.8. The van der Waals surface area contributed by atoms with Gasteiger partial charge in [-0.1, -0.05) is 18.2 Å². The molecule has 1 aromatic rings. The van der Waals surface area contributed by atoms with Crippen LogP contribution < -0.4 is 20.7 Å². The molecule has 3 N–H and O–H groups in total. The minimum absolute atomic E-state index is 0.00906. The highest BCUT2D eigenvalue weighted by atomic mass is 16.5. The van der Waals surface area contributed by atoms with E-state index < -0.39 is 0 Å². The monoisotopic (exact) mass is 277 g/mol. The van der Waals surface area contributed by atoms with Gasteiger partial charge in [-0.05, 0) is 32.0 Å². The van der Waals surface area contributed by atoms with Crippen molar-refractivity contribution in [2.24, 2.45) is 0 Å². The third kappa shape index (κ3) is 4.83. The van der Waals surface area contributed by atoms with E-state index in [1.165, 1.54) is 0 Å². The highest BCUT2D eigenvalue weighted by Gasteiger charge is 2.27. The molecule has 1 unspecified atom stereocenters. The Morgan fingerprint density at radius 1 is 1.40 bits per heavy atom. The van der Waals surface area contributed by atoms with Gasteiger partial charge in [-0.25, -0.2) is 0 Å². The maximum Gasteiger partial charge on any atom is 0.234 e. The lowest BCUT2D eigenvalue weighted by molar-refractivity contribution is -0.120. The highest BCUT2D eigenvalue weighted by molar-refractivity contribution is 5.78. The van der Waals surface area contributed by atoms with Crippen molar-refractivity contribution in [2.75, 3.05) is 32.8 Å². The molecule has 20 heavy (non-hydrogen) atoms. The molecule has 2 rings (SSSR count). The summed E-state index contributed by atoms with van der Waals surface area (Å²) in [6.45, 7) is 5.41. The number of para-hydroxylation sites is 1. The molecule has 110 valence electrons. The van der Waals surface area contributed by atoms with Gasteiger partial charge in [-0.15, -0.1) is 0 Å². The van der Waals surface area contributed by atoms with Crippen LogP contribution in [0.3, 0.4) is 0 Å². The second kappa shape index (κ2) is 7.26. The van der Waals surface area contributed by atoms with E-state index >= 15 is 0 Å². The van der Waals surface area contributed by atoms with Gasteiger partial charge < -0.3 is 20.7 Å². The molecule has 1 aliphatic rings. The Morgan fingerprint density at radius 3 is 2.90 bits per heavy atom. The first-order valence-corrected chi connectivity index (χ1v) is 7.08. The van der Waals surface area contributed by atoms with Gasteiger partial charge >= 0.3 is 0 Å². The minimum Gasteiger partial charge on any atom is -0.492 e. The van der Waals surface area contributed by atoms with Gasteiger partial charge in [0.25, 0.3) is 0 Å². The lowest BCUT2D eigenvalue weighted by Crippen LogP contribution is -2.48. The van der Waals surface area contributed by atoms with Crippen molar-refractivity contribution in [3.63, 3.8) is 0 Å². The topological polar surface area (TPSA) is 62.4 Å². The number of rotatable bonds is 7. The van der Waals surface area contributed by atoms with Crippen LogP contribution in [0.1, 0.15) is 13.3 Å². The van der Waals surface area contributed by atoms with Crippen molar-refractivity contribution in [3.8, 4) is 5.75 Å². The van der Waals surface area contributed by atoms with Gasteiger partial charge in [0.2, 0.25) is 5.91 Å². The van der Waals surface area contributed by atoms with E-state index in [1.807, 2.05) is 30.3 Å². The molecule has 5 heteroatoms. The first-order valence-electron chi connectivity index (χ1n) is 7.08. The molecule has 0 aromatic heterocycles. The van der Waals surface area contributed by atoms with E-state index in [0.29, 0.717) is 19.7 Å². The van der Waals surface area contributed by atoms with Crippen LogP contribution in [-0.2, 0) is 4.79 Å². The van der Waals surface area contributed by atoms with E-state index in [1.54, 1.807) is 0 Å². The number of ether oxygens (including phenoxy) is 1. The molecular weight excluding hydrogens is 254 g/mol. The average molecular weight is 277 g/mol. The number of carbonyl (C=O) groups excluding carboxylic acids is 1. The summed E-state index contributed by atoms with van der Waals surface area (Å²) in [5.74, 6) is 0.833. The summed E-state index contributed by atoms with van der Waals surface area (Å²) in [5.41, 5.74) is 0.0396. The molecule has 0 aliphatic carbocycles. The van der Waals surface area contributed by atoms with Crippen molar-refractivity contribution in [3.05, 3.63) is 30.3 Å². The Bertz CT molecular complexity index is 416. The summed E-state index contributed by atoms with van der Waals surface area (Å²) in [7, 11) is 0. The molecule has 1 amide bonds. The van der Waals surface area contributed by atoms with Crippen molar-refractivity contribution >= 4 is 5.91 Å². The predicted octanol–water partition coefficient (Wildman–Crippen LogP) is 0.523. The van der Waals surface area contributed by atoms with Crippen molar-refractivity contribution in [2.45, 2.75) is 18.9 Å². The second-order valence-corrected chi connectivity index (χ2v) is 5.35. The maximum atomic E-state index is 11.7. The molecule has 1 aliphatic heterocycles. The number of amides is 1. The Balaban J connectivity index is 1.56. The molecule has 0 saturated carbocycles. The van der Waals surface area contributed by atoms with Gasteiger partial charge in [0.1, 0.15) is 12.4 Å². The van der Waals surface area contributed by atoms with E-state index in [0.717, 1.165) is 25.3 Å². The van der Waals surface area contributed by atoms with Crippen LogP contribution in [0, 0.1) is 0 Å². The SMILES string of the molecule is CC1(NCC(=O)NCCOc2ccccc2)CCNC1. The third-order valence-electron chi connectivity index (χ3n) is 3.48. The molecule has 1 aromatic carbocycles. The number of hydrogen-bond acceptors (Lipinski definition) is 4. The molecule has 1 saturated heterocycles. The first-order chi connectivity index (χ1) is 9.68. The standard InChI is InChI=1S/C15H23N3O2/c1-15(7-8-16-12-15)18-11-14(19)17-9-10-20-13-5-3-2-4-6-13/h2-6,16,18H,7-12H2,1H3,(H,17,19). The highest BCUT2D eigenvalue weighted by Crippen LogP contribution is 2.12. The predicted molar refractivity (Wildman–Crippen MR) is 78.8 cm³/mol. The maximum absolute atomic E-state index is 11.7. The average Bonchev–Trinajstić information content (AvgIpc) is 2.90. The van der Waals surface area contributed by atoms with Crippen molar-refractivity contribution in [1.82, 2.24) is 16.0 Å². The largest absolute Gasteiger partial charge is 0.492 e. The van der Waals surface area contributed by atoms with Crippen LogP contribution in [-0.4, -0.2) is 44.2 Å². The van der Waals surface area contributed by atoms with E-state index in [-0.39, 0.29) is 11.4 Å². The number of nitrogens with one attached hydrogen (secondary N) is 3. The van der Waals surface area contributed by atoms with Crippen LogP contribution in [0.5, 0.6) is 5.75 Å². The van der Waals surface area contributed by atoms with Crippen molar-refractivity contribution < 1.29 is 9.53 Å². The lowest BCUT2D eigenvalue weighted by atomic mass is 10.0. The zero-order chi connectivity index (χ0) is 14.3. The lowest BCUT2D eigenvalue weighted by Gasteiger charge is -2.24. The molecule has 0 spiro atoms. The van der Waals surface area contributed by atoms with Crippen LogP contribution in [0.2, 0.25) is 0 Å². The van der Waals surface area contributed by atoms with Gasteiger partial charge in [0.05, 0.1) is 13.1 Å². The summed E-state index contributed by atoms with van der Waals surface area (Å²) in [5, 5.41) is 9.44. The summed E-state index contributed by atoms with van der Waals surface area (Å²) in [6.07, 6.45) is 1.05. The number of hydrogen-bond donors (Lipinski definition) is 3. The fourth-order valence-electron chi connectivity index (χ4n) is 2.20. The van der Waals surface area contributed by atoms with Gasteiger partial charge in [-0.3, -0.25) is 4.79 Å². The minimum atomic E-state index is 0.00906. The van der Waals surface area contributed by atoms with Gasteiger partial charge in [0.15, 0.2) is 0 Å². The number of carbonyl (C=O) groups is 1. The van der Waals surface area contributed by atoms with Crippen LogP contribution in [0.15, 0.2) is 30.3 Å². The normalized spacial score (nSPS) is 21.6. The van der Waals surface area contributed by atoms with Gasteiger partial charge in [0, 0.05) is 12.1 Å². The molecule has 5 nitrogen and oxygen atoms in total. The molecule has 1 heterocycles. The third-order valence-corrected chi connectivity index (χ3v) is 3.48. The van der Waals surface area contributed by atoms with Crippen molar-refractivity contribution in [1.29, 1.82) is 0 Å². The summed E-state index contributed by atoms with van der Waals surface area (Å²) in [4.78, 5) is 11.7.